The maximum Gasteiger partial charge on any atom is 0.315 e. The highest BCUT2D eigenvalue weighted by Gasteiger charge is 2.24. The molecular formula is C23H33N5O. The Morgan fingerprint density at radius 1 is 1.00 bits per heavy atom. The van der Waals surface area contributed by atoms with Gasteiger partial charge in [-0.25, -0.2) is 9.78 Å². The molecule has 29 heavy (non-hydrogen) atoms. The summed E-state index contributed by atoms with van der Waals surface area (Å²) < 4.78 is 0. The second-order valence-corrected chi connectivity index (χ2v) is 8.44. The molecule has 0 spiro atoms. The number of carbonyl (C=O) groups is 1. The lowest BCUT2D eigenvalue weighted by Gasteiger charge is -2.33. The van der Waals surface area contributed by atoms with E-state index in [-0.39, 0.29) is 6.03 Å². The van der Waals surface area contributed by atoms with E-state index in [1.165, 1.54) is 32.2 Å². The van der Waals surface area contributed by atoms with Crippen molar-refractivity contribution in [2.45, 2.75) is 44.6 Å². The number of amides is 2. The number of pyridine rings is 1. The summed E-state index contributed by atoms with van der Waals surface area (Å²) >= 11 is 0. The molecule has 6 heteroatoms. The molecule has 0 atom stereocenters. The van der Waals surface area contributed by atoms with E-state index in [0.717, 1.165) is 48.6 Å². The van der Waals surface area contributed by atoms with Crippen molar-refractivity contribution < 1.29 is 4.79 Å². The Kier molecular flexibility index (Phi) is 6.83. The summed E-state index contributed by atoms with van der Waals surface area (Å²) in [6.45, 7) is 4.69. The Labute approximate surface area is 173 Å². The van der Waals surface area contributed by atoms with Gasteiger partial charge in [-0.3, -0.25) is 0 Å². The average Bonchev–Trinajstić information content (AvgIpc) is 3.26. The smallest absolute Gasteiger partial charge is 0.315 e. The molecule has 1 aliphatic heterocycles. The lowest BCUT2D eigenvalue weighted by Crippen LogP contribution is -2.49. The second-order valence-electron chi connectivity index (χ2n) is 8.44. The molecule has 0 radical (unpaired) electrons. The monoisotopic (exact) mass is 395 g/mol. The highest BCUT2D eigenvalue weighted by molar-refractivity contribution is 5.80. The van der Waals surface area contributed by atoms with Crippen molar-refractivity contribution >= 4 is 22.8 Å². The molecule has 2 aromatic rings. The number of carbonyl (C=O) groups excluding carboxylic acids is 1. The number of fused-ring (bicyclic) bond motifs is 1. The molecule has 4 rings (SSSR count). The number of piperidine rings is 1. The summed E-state index contributed by atoms with van der Waals surface area (Å²) in [5.74, 6) is 1.74. The highest BCUT2D eigenvalue weighted by Crippen LogP contribution is 2.26. The van der Waals surface area contributed by atoms with Gasteiger partial charge in [0, 0.05) is 44.2 Å². The van der Waals surface area contributed by atoms with E-state index in [9.17, 15) is 4.79 Å². The van der Waals surface area contributed by atoms with Gasteiger partial charge in [-0.2, -0.15) is 0 Å². The van der Waals surface area contributed by atoms with Gasteiger partial charge in [-0.05, 0) is 49.8 Å². The van der Waals surface area contributed by atoms with Gasteiger partial charge in [0.05, 0.1) is 5.52 Å². The molecule has 0 bridgehead atoms. The van der Waals surface area contributed by atoms with E-state index in [0.29, 0.717) is 19.1 Å². The Morgan fingerprint density at radius 3 is 2.62 bits per heavy atom. The number of nitrogens with zero attached hydrogens (tertiary/aromatic N) is 2. The minimum atomic E-state index is -0.0625. The van der Waals surface area contributed by atoms with Crippen LogP contribution < -0.4 is 16.0 Å². The van der Waals surface area contributed by atoms with Crippen LogP contribution in [0.5, 0.6) is 0 Å². The molecule has 1 aliphatic carbocycles. The summed E-state index contributed by atoms with van der Waals surface area (Å²) in [5.41, 5.74) is 0.975. The number of urea groups is 1. The molecule has 1 aromatic carbocycles. The second kappa shape index (κ2) is 9.92. The van der Waals surface area contributed by atoms with Crippen LogP contribution in [0.2, 0.25) is 0 Å². The van der Waals surface area contributed by atoms with Crippen molar-refractivity contribution in [1.82, 2.24) is 20.5 Å². The largest absolute Gasteiger partial charge is 0.368 e. The lowest BCUT2D eigenvalue weighted by atomic mass is 10.0. The molecule has 2 amide bonds. The fourth-order valence-electron chi connectivity index (χ4n) is 4.59. The Bertz CT molecular complexity index is 797. The van der Waals surface area contributed by atoms with Crippen LogP contribution in [0.1, 0.15) is 38.5 Å². The number of hydrogen-bond donors (Lipinski definition) is 3. The normalized spacial score (nSPS) is 18.8. The van der Waals surface area contributed by atoms with Crippen LogP contribution in [0, 0.1) is 5.92 Å². The molecule has 2 heterocycles. The van der Waals surface area contributed by atoms with Crippen LogP contribution in [-0.2, 0) is 0 Å². The third kappa shape index (κ3) is 5.82. The van der Waals surface area contributed by atoms with E-state index >= 15 is 0 Å². The summed E-state index contributed by atoms with van der Waals surface area (Å²) in [5, 5.41) is 10.5. The fourth-order valence-corrected chi connectivity index (χ4v) is 4.59. The molecule has 1 aromatic heterocycles. The molecule has 2 fully saturated rings. The number of aromatic nitrogens is 1. The van der Waals surface area contributed by atoms with Crippen LogP contribution in [0.3, 0.4) is 0 Å². The minimum absolute atomic E-state index is 0.0625. The van der Waals surface area contributed by atoms with E-state index < -0.39 is 0 Å². The first kappa shape index (κ1) is 20.0. The zero-order chi connectivity index (χ0) is 19.9. The molecule has 156 valence electrons. The third-order valence-corrected chi connectivity index (χ3v) is 6.23. The van der Waals surface area contributed by atoms with Crippen LogP contribution >= 0.6 is 0 Å². The standard InChI is InChI=1S/C23H33N5O/c29-23(26-20-11-15-28(16-12-20)17-18-5-1-2-6-18)25-14-13-24-22-10-9-19-7-3-4-8-21(19)27-22/h3-4,7-10,18,20H,1-2,5-6,11-17H2,(H,24,27)(H2,25,26,29). The highest BCUT2D eigenvalue weighted by atomic mass is 16.2. The Balaban J connectivity index is 1.10. The molecule has 3 N–H and O–H groups in total. The summed E-state index contributed by atoms with van der Waals surface area (Å²) in [7, 11) is 0. The first-order valence-electron chi connectivity index (χ1n) is 11.1. The van der Waals surface area contributed by atoms with Crippen LogP contribution in [0.15, 0.2) is 36.4 Å². The summed E-state index contributed by atoms with van der Waals surface area (Å²) in [4.78, 5) is 19.4. The SMILES string of the molecule is O=C(NCCNc1ccc2ccccc2n1)NC1CCN(CC2CCCC2)CC1. The van der Waals surface area contributed by atoms with Crippen molar-refractivity contribution in [2.75, 3.05) is 38.0 Å². The van der Waals surface area contributed by atoms with Gasteiger partial charge in [-0.1, -0.05) is 31.0 Å². The average molecular weight is 396 g/mol. The van der Waals surface area contributed by atoms with Gasteiger partial charge in [-0.15, -0.1) is 0 Å². The Morgan fingerprint density at radius 2 is 1.79 bits per heavy atom. The number of hydrogen-bond acceptors (Lipinski definition) is 4. The quantitative estimate of drug-likeness (QED) is 0.627. The molecule has 2 aliphatic rings. The lowest BCUT2D eigenvalue weighted by molar-refractivity contribution is 0.171. The van der Waals surface area contributed by atoms with E-state index in [1.54, 1.807) is 0 Å². The van der Waals surface area contributed by atoms with E-state index in [4.69, 9.17) is 0 Å². The molecular weight excluding hydrogens is 362 g/mol. The predicted octanol–water partition coefficient (Wildman–Crippen LogP) is 3.60. The Hall–Kier alpha value is -2.34. The fraction of sp³-hybridized carbons (Fsp3) is 0.565. The van der Waals surface area contributed by atoms with Crippen molar-refractivity contribution in [3.05, 3.63) is 36.4 Å². The molecule has 0 unspecified atom stereocenters. The van der Waals surface area contributed by atoms with Gasteiger partial charge in [0.25, 0.3) is 0 Å². The van der Waals surface area contributed by atoms with Crippen LogP contribution in [0.4, 0.5) is 10.6 Å². The number of anilines is 1. The predicted molar refractivity (Wildman–Crippen MR) is 118 cm³/mol. The van der Waals surface area contributed by atoms with Crippen LogP contribution in [0.25, 0.3) is 10.9 Å². The van der Waals surface area contributed by atoms with Crippen LogP contribution in [-0.4, -0.2) is 54.7 Å². The molecule has 1 saturated heterocycles. The summed E-state index contributed by atoms with van der Waals surface area (Å²) in [6, 6.07) is 12.3. The topological polar surface area (TPSA) is 69.3 Å². The molecule has 6 nitrogen and oxygen atoms in total. The number of benzene rings is 1. The summed E-state index contributed by atoms with van der Waals surface area (Å²) in [6.07, 6.45) is 7.74. The maximum absolute atomic E-state index is 12.2. The zero-order valence-electron chi connectivity index (χ0n) is 17.2. The van der Waals surface area contributed by atoms with Crippen molar-refractivity contribution in [3.8, 4) is 0 Å². The first-order chi connectivity index (χ1) is 14.3. The maximum atomic E-state index is 12.2. The van der Waals surface area contributed by atoms with Crippen molar-refractivity contribution in [2.24, 2.45) is 5.92 Å². The van der Waals surface area contributed by atoms with E-state index in [2.05, 4.69) is 38.0 Å². The van der Waals surface area contributed by atoms with Gasteiger partial charge in [0.15, 0.2) is 0 Å². The van der Waals surface area contributed by atoms with Crippen molar-refractivity contribution in [1.29, 1.82) is 0 Å². The number of para-hydroxylation sites is 1. The first-order valence-corrected chi connectivity index (χ1v) is 11.1. The number of likely N-dealkylation sites (tertiary alicyclic amines) is 1. The van der Waals surface area contributed by atoms with Crippen molar-refractivity contribution in [3.63, 3.8) is 0 Å². The number of rotatable bonds is 7. The zero-order valence-corrected chi connectivity index (χ0v) is 17.2. The van der Waals surface area contributed by atoms with Gasteiger partial charge in [0.2, 0.25) is 0 Å². The van der Waals surface area contributed by atoms with Gasteiger partial charge < -0.3 is 20.9 Å². The van der Waals surface area contributed by atoms with Gasteiger partial charge >= 0.3 is 6.03 Å². The molecule has 1 saturated carbocycles. The van der Waals surface area contributed by atoms with Gasteiger partial charge in [0.1, 0.15) is 5.82 Å². The van der Waals surface area contributed by atoms with E-state index in [1.807, 2.05) is 24.3 Å². The minimum Gasteiger partial charge on any atom is -0.368 e. The third-order valence-electron chi connectivity index (χ3n) is 6.23. The number of nitrogens with one attached hydrogen (secondary N) is 3.